The van der Waals surface area contributed by atoms with Crippen molar-refractivity contribution in [3.8, 4) is 5.75 Å². The monoisotopic (exact) mass is 518 g/mol. The van der Waals surface area contributed by atoms with E-state index in [1.165, 1.54) is 0 Å². The molecule has 198 valence electrons. The zero-order valence-corrected chi connectivity index (χ0v) is 22.2. The highest BCUT2D eigenvalue weighted by Gasteiger charge is 2.40. The molecule has 0 bridgehead atoms. The van der Waals surface area contributed by atoms with Crippen molar-refractivity contribution >= 4 is 29.3 Å². The van der Waals surface area contributed by atoms with Crippen LogP contribution < -0.4 is 4.74 Å². The number of nitrogens with zero attached hydrogens (tertiary/aromatic N) is 4. The molecule has 3 aliphatic rings. The number of hydrogen-bond acceptors (Lipinski definition) is 5. The zero-order valence-electron chi connectivity index (χ0n) is 21.4. The van der Waals surface area contributed by atoms with Crippen LogP contribution in [0, 0.1) is 5.41 Å². The fraction of sp³-hybridized carbons (Fsp3) is 0.667. The smallest absolute Gasteiger partial charge is 0.242 e. The van der Waals surface area contributed by atoms with Crippen LogP contribution in [-0.2, 0) is 14.4 Å². The molecule has 0 aliphatic carbocycles. The van der Waals surface area contributed by atoms with Gasteiger partial charge in [-0.25, -0.2) is 0 Å². The van der Waals surface area contributed by atoms with Crippen LogP contribution in [0.1, 0.15) is 44.9 Å². The molecule has 0 aromatic heterocycles. The molecule has 8 nitrogen and oxygen atoms in total. The van der Waals surface area contributed by atoms with E-state index >= 15 is 0 Å². The van der Waals surface area contributed by atoms with E-state index in [1.807, 2.05) is 21.9 Å². The van der Waals surface area contributed by atoms with Crippen molar-refractivity contribution in [1.82, 2.24) is 19.6 Å². The number of piperazine rings is 1. The fourth-order valence-electron chi connectivity index (χ4n) is 5.35. The van der Waals surface area contributed by atoms with Gasteiger partial charge in [-0.2, -0.15) is 0 Å². The highest BCUT2D eigenvalue weighted by atomic mass is 35.5. The summed E-state index contributed by atoms with van der Waals surface area (Å²) >= 11 is 6.14. The maximum atomic E-state index is 13.3. The minimum absolute atomic E-state index is 0.00000352. The van der Waals surface area contributed by atoms with Gasteiger partial charge in [0.25, 0.3) is 0 Å². The lowest BCUT2D eigenvalue weighted by atomic mass is 9.75. The fourth-order valence-corrected chi connectivity index (χ4v) is 5.53. The third-order valence-corrected chi connectivity index (χ3v) is 8.13. The first-order valence-corrected chi connectivity index (χ1v) is 13.6. The molecule has 0 saturated carbocycles. The average Bonchev–Trinajstić information content (AvgIpc) is 3.07. The van der Waals surface area contributed by atoms with Crippen LogP contribution in [0.5, 0.6) is 5.75 Å². The van der Waals surface area contributed by atoms with Gasteiger partial charge in [-0.15, -0.1) is 0 Å². The molecule has 3 amide bonds. The number of piperidine rings is 1. The van der Waals surface area contributed by atoms with Gasteiger partial charge in [0, 0.05) is 69.1 Å². The summed E-state index contributed by atoms with van der Waals surface area (Å²) in [4.78, 5) is 46.5. The molecule has 3 fully saturated rings. The number of likely N-dealkylation sites (N-methyl/N-ethyl adjacent to an activating group) is 1. The molecule has 0 unspecified atom stereocenters. The predicted octanol–water partition coefficient (Wildman–Crippen LogP) is 2.89. The van der Waals surface area contributed by atoms with E-state index in [2.05, 4.69) is 11.9 Å². The van der Waals surface area contributed by atoms with E-state index in [4.69, 9.17) is 16.3 Å². The molecule has 1 aromatic rings. The van der Waals surface area contributed by atoms with E-state index in [-0.39, 0.29) is 29.7 Å². The van der Waals surface area contributed by atoms with Crippen molar-refractivity contribution in [2.75, 3.05) is 66.0 Å². The number of carbonyl (C=O) groups is 3. The van der Waals surface area contributed by atoms with Crippen LogP contribution in [0.2, 0.25) is 5.02 Å². The van der Waals surface area contributed by atoms with E-state index in [9.17, 15) is 14.4 Å². The largest absolute Gasteiger partial charge is 0.493 e. The van der Waals surface area contributed by atoms with Gasteiger partial charge in [-0.05, 0) is 50.9 Å². The third-order valence-electron chi connectivity index (χ3n) is 7.90. The molecule has 36 heavy (non-hydrogen) atoms. The number of likely N-dealkylation sites (tertiary alicyclic amines) is 2. The van der Waals surface area contributed by atoms with Gasteiger partial charge >= 0.3 is 0 Å². The molecular formula is C27H39ClN4O4. The lowest BCUT2D eigenvalue weighted by molar-refractivity contribution is -0.143. The molecule has 0 N–H and O–H groups in total. The first-order chi connectivity index (χ1) is 17.3. The Labute approximate surface area is 219 Å². The van der Waals surface area contributed by atoms with Crippen LogP contribution in [0.3, 0.4) is 0 Å². The van der Waals surface area contributed by atoms with Crippen LogP contribution in [0.4, 0.5) is 0 Å². The normalized spacial score (nSPS) is 21.3. The Kier molecular flexibility index (Phi) is 9.12. The Balaban J connectivity index is 1.39. The van der Waals surface area contributed by atoms with Gasteiger partial charge in [-0.3, -0.25) is 14.4 Å². The van der Waals surface area contributed by atoms with Crippen molar-refractivity contribution in [1.29, 1.82) is 0 Å². The summed E-state index contributed by atoms with van der Waals surface area (Å²) in [5.74, 6) is 0.930. The topological polar surface area (TPSA) is 73.4 Å². The Morgan fingerprint density at radius 1 is 0.944 bits per heavy atom. The van der Waals surface area contributed by atoms with E-state index < -0.39 is 0 Å². The number of rotatable bonds is 7. The number of hydrogen-bond donors (Lipinski definition) is 0. The summed E-state index contributed by atoms with van der Waals surface area (Å²) < 4.78 is 6.16. The summed E-state index contributed by atoms with van der Waals surface area (Å²) in [6, 6.07) is 7.32. The molecule has 4 rings (SSSR count). The zero-order chi connectivity index (χ0) is 25.5. The quantitative estimate of drug-likeness (QED) is 0.555. The summed E-state index contributed by atoms with van der Waals surface area (Å²) in [7, 11) is 2.08. The van der Waals surface area contributed by atoms with E-state index in [0.717, 1.165) is 45.4 Å². The summed E-state index contributed by atoms with van der Waals surface area (Å²) in [6.45, 7) is 5.61. The Bertz CT molecular complexity index is 926. The lowest BCUT2D eigenvalue weighted by Crippen LogP contribution is -2.52. The molecule has 0 radical (unpaired) electrons. The van der Waals surface area contributed by atoms with Gasteiger partial charge in [-0.1, -0.05) is 24.1 Å². The standard InChI is InChI=1S/C27H39ClN4O4/c1-29-14-16-31(17-15-29)25(34)19-27(21-36-23-7-5-6-22(28)18-23)9-12-30(13-10-27)26(35)20-32-11-4-2-3-8-24(32)33/h5-7,18H,2-4,8-17,19-21H2,1H3. The second-order valence-electron chi connectivity index (χ2n) is 10.6. The van der Waals surface area contributed by atoms with Gasteiger partial charge in [0.2, 0.25) is 17.7 Å². The minimum Gasteiger partial charge on any atom is -0.493 e. The molecule has 3 heterocycles. The molecule has 3 aliphatic heterocycles. The molecule has 9 heteroatoms. The van der Waals surface area contributed by atoms with Crippen LogP contribution in [0.25, 0.3) is 0 Å². The Morgan fingerprint density at radius 2 is 1.67 bits per heavy atom. The average molecular weight is 519 g/mol. The molecule has 0 spiro atoms. The summed E-state index contributed by atoms with van der Waals surface area (Å²) in [6.07, 6.45) is 5.22. The lowest BCUT2D eigenvalue weighted by Gasteiger charge is -2.43. The molecule has 3 saturated heterocycles. The number of ether oxygens (including phenoxy) is 1. The Morgan fingerprint density at radius 3 is 2.39 bits per heavy atom. The van der Waals surface area contributed by atoms with Gasteiger partial charge < -0.3 is 24.3 Å². The van der Waals surface area contributed by atoms with Crippen LogP contribution in [0.15, 0.2) is 24.3 Å². The minimum atomic E-state index is -0.349. The molecule has 1 aromatic carbocycles. The van der Waals surface area contributed by atoms with Crippen LogP contribution in [-0.4, -0.2) is 103 Å². The van der Waals surface area contributed by atoms with Gasteiger partial charge in [0.05, 0.1) is 13.2 Å². The maximum Gasteiger partial charge on any atom is 0.242 e. The first-order valence-electron chi connectivity index (χ1n) is 13.2. The van der Waals surface area contributed by atoms with Crippen molar-refractivity contribution in [2.45, 2.75) is 44.9 Å². The van der Waals surface area contributed by atoms with Crippen molar-refractivity contribution in [2.24, 2.45) is 5.41 Å². The van der Waals surface area contributed by atoms with Crippen molar-refractivity contribution in [3.63, 3.8) is 0 Å². The SMILES string of the molecule is CN1CCN(C(=O)CC2(COc3cccc(Cl)c3)CCN(C(=O)CN3CCCCCC3=O)CC2)CC1. The van der Waals surface area contributed by atoms with Gasteiger partial charge in [0.1, 0.15) is 5.75 Å². The highest BCUT2D eigenvalue weighted by molar-refractivity contribution is 6.30. The highest BCUT2D eigenvalue weighted by Crippen LogP contribution is 2.37. The van der Waals surface area contributed by atoms with Crippen LogP contribution >= 0.6 is 11.6 Å². The number of carbonyl (C=O) groups excluding carboxylic acids is 3. The Hall–Kier alpha value is -2.32. The third kappa shape index (κ3) is 7.13. The van der Waals surface area contributed by atoms with E-state index in [0.29, 0.717) is 62.7 Å². The van der Waals surface area contributed by atoms with Crippen molar-refractivity contribution < 1.29 is 19.1 Å². The number of benzene rings is 1. The summed E-state index contributed by atoms with van der Waals surface area (Å²) in [5, 5.41) is 0.610. The number of amides is 3. The number of halogens is 1. The second-order valence-corrected chi connectivity index (χ2v) is 11.1. The first kappa shape index (κ1) is 26.7. The second kappa shape index (κ2) is 12.3. The summed E-state index contributed by atoms with van der Waals surface area (Å²) in [5.41, 5.74) is -0.349. The van der Waals surface area contributed by atoms with Gasteiger partial charge in [0.15, 0.2) is 0 Å². The predicted molar refractivity (Wildman–Crippen MR) is 139 cm³/mol. The molecule has 0 atom stereocenters. The van der Waals surface area contributed by atoms with E-state index in [1.54, 1.807) is 17.0 Å². The molecular weight excluding hydrogens is 480 g/mol. The maximum absolute atomic E-state index is 13.3. The van der Waals surface area contributed by atoms with Crippen molar-refractivity contribution in [3.05, 3.63) is 29.3 Å².